The molecule has 3 aromatic carbocycles. The van der Waals surface area contributed by atoms with Gasteiger partial charge in [0.25, 0.3) is 5.70 Å². The quantitative estimate of drug-likeness (QED) is 0.310. The van der Waals surface area contributed by atoms with Gasteiger partial charge < -0.3 is 9.64 Å². The summed E-state index contributed by atoms with van der Waals surface area (Å²) in [6.07, 6.45) is 6.13. The molecule has 33 heavy (non-hydrogen) atoms. The smallest absolute Gasteiger partial charge is 0.265 e. The fourth-order valence-corrected chi connectivity index (χ4v) is 3.78. The molecule has 1 aliphatic rings. The molecule has 1 aliphatic heterocycles. The van der Waals surface area contributed by atoms with Crippen molar-refractivity contribution in [1.29, 1.82) is 5.26 Å². The van der Waals surface area contributed by atoms with E-state index in [4.69, 9.17) is 11.3 Å². The molecule has 0 aromatic heterocycles. The minimum atomic E-state index is -0.0811. The molecule has 1 unspecified atom stereocenters. The highest BCUT2D eigenvalue weighted by Gasteiger charge is 2.17. The Morgan fingerprint density at radius 3 is 2.06 bits per heavy atom. The van der Waals surface area contributed by atoms with E-state index >= 15 is 0 Å². The Balaban J connectivity index is 1.60. The van der Waals surface area contributed by atoms with Gasteiger partial charge in [0, 0.05) is 23.5 Å². The number of nitrogens with zero attached hydrogens (tertiary/aromatic N) is 3. The van der Waals surface area contributed by atoms with E-state index in [-0.39, 0.29) is 11.8 Å². The van der Waals surface area contributed by atoms with E-state index in [1.165, 1.54) is 0 Å². The highest BCUT2D eigenvalue weighted by Crippen LogP contribution is 2.34. The van der Waals surface area contributed by atoms with E-state index in [2.05, 4.69) is 58.3 Å². The third-order valence-corrected chi connectivity index (χ3v) is 5.30. The van der Waals surface area contributed by atoms with Gasteiger partial charge in [-0.1, -0.05) is 54.6 Å². The first-order valence-electron chi connectivity index (χ1n) is 10.8. The summed E-state index contributed by atoms with van der Waals surface area (Å²) in [5.41, 5.74) is 5.12. The lowest BCUT2D eigenvalue weighted by Crippen LogP contribution is -2.13. The maximum atomic E-state index is 9.18. The first-order chi connectivity index (χ1) is 16.2. The predicted octanol–water partition coefficient (Wildman–Crippen LogP) is 7.56. The first-order valence-corrected chi connectivity index (χ1v) is 10.8. The van der Waals surface area contributed by atoms with Crippen molar-refractivity contribution in [2.75, 3.05) is 4.90 Å². The molecule has 160 valence electrons. The molecule has 4 nitrogen and oxygen atoms in total. The van der Waals surface area contributed by atoms with Crippen LogP contribution in [-0.4, -0.2) is 6.10 Å². The van der Waals surface area contributed by atoms with Crippen LogP contribution in [0.15, 0.2) is 114 Å². The Hall–Kier alpha value is -4.54. The molecule has 0 bridgehead atoms. The largest absolute Gasteiger partial charge is 0.490 e. The molecular formula is C29H23N3O. The van der Waals surface area contributed by atoms with Crippen molar-refractivity contribution in [3.63, 3.8) is 0 Å². The van der Waals surface area contributed by atoms with Gasteiger partial charge in [-0.3, -0.25) is 0 Å². The molecule has 1 heterocycles. The number of nitriles is 1. The van der Waals surface area contributed by atoms with Crippen LogP contribution in [0.1, 0.15) is 18.9 Å². The van der Waals surface area contributed by atoms with E-state index in [0.717, 1.165) is 28.2 Å². The number of para-hydroxylation sites is 2. The Morgan fingerprint density at radius 2 is 1.52 bits per heavy atom. The lowest BCUT2D eigenvalue weighted by molar-refractivity contribution is 0.133. The van der Waals surface area contributed by atoms with Crippen LogP contribution in [0.25, 0.3) is 10.9 Å². The van der Waals surface area contributed by atoms with E-state index in [1.54, 1.807) is 6.08 Å². The van der Waals surface area contributed by atoms with Crippen LogP contribution in [0.4, 0.5) is 17.1 Å². The second kappa shape index (κ2) is 10.2. The number of ether oxygens (including phenoxy) is 1. The number of hydrogen-bond acceptors (Lipinski definition) is 3. The second-order valence-electron chi connectivity index (χ2n) is 7.71. The summed E-state index contributed by atoms with van der Waals surface area (Å²) in [7, 11) is 0. The second-order valence-corrected chi connectivity index (χ2v) is 7.71. The molecule has 0 radical (unpaired) electrons. The van der Waals surface area contributed by atoms with E-state index in [1.807, 2.05) is 61.5 Å². The summed E-state index contributed by atoms with van der Waals surface area (Å²) < 4.78 is 5.87. The summed E-state index contributed by atoms with van der Waals surface area (Å²) in [6, 6.07) is 30.9. The van der Waals surface area contributed by atoms with Crippen LogP contribution < -0.4 is 4.90 Å². The minimum Gasteiger partial charge on any atom is -0.490 e. The first kappa shape index (κ1) is 21.7. The molecule has 3 aromatic rings. The summed E-state index contributed by atoms with van der Waals surface area (Å²) in [5, 5.41) is 9.18. The molecule has 0 saturated heterocycles. The van der Waals surface area contributed by atoms with Gasteiger partial charge in [0.15, 0.2) is 0 Å². The standard InChI is InChI=1S/C29H23N3O/c1-22-19-24(29(21-30)31-2)20-28(33-22)18-15-23-13-16-27(17-14-23)32(25-9-5-3-6-10-25)26-11-7-4-8-12-26/h3-18,20,22H,19H2,1H3. The van der Waals surface area contributed by atoms with Gasteiger partial charge in [0.1, 0.15) is 5.76 Å². The number of hydrogen-bond donors (Lipinski definition) is 0. The van der Waals surface area contributed by atoms with Crippen molar-refractivity contribution in [3.8, 4) is 6.07 Å². The molecule has 0 amide bonds. The number of benzene rings is 3. The maximum Gasteiger partial charge on any atom is 0.265 e. The zero-order valence-corrected chi connectivity index (χ0v) is 18.3. The molecule has 0 spiro atoms. The monoisotopic (exact) mass is 429 g/mol. The SMILES string of the molecule is [C-]#[N+]C(C#N)=C1C=C(C=Cc2ccc(N(c3ccccc3)c3ccccc3)cc2)OC(C)C1. The fraction of sp³-hybridized carbons (Fsp3) is 0.103. The lowest BCUT2D eigenvalue weighted by Gasteiger charge is -2.25. The van der Waals surface area contributed by atoms with Gasteiger partial charge in [-0.05, 0) is 66.6 Å². The predicted molar refractivity (Wildman–Crippen MR) is 133 cm³/mol. The zero-order chi connectivity index (χ0) is 23.0. The molecule has 4 heteroatoms. The van der Waals surface area contributed by atoms with Crippen molar-refractivity contribution in [3.05, 3.63) is 131 Å². The fourth-order valence-electron chi connectivity index (χ4n) is 3.78. The van der Waals surface area contributed by atoms with Crippen LogP contribution in [0.5, 0.6) is 0 Å². The van der Waals surface area contributed by atoms with Crippen LogP contribution >= 0.6 is 0 Å². The van der Waals surface area contributed by atoms with Crippen molar-refractivity contribution in [1.82, 2.24) is 0 Å². The van der Waals surface area contributed by atoms with Crippen molar-refractivity contribution in [2.24, 2.45) is 0 Å². The highest BCUT2D eigenvalue weighted by atomic mass is 16.5. The molecule has 0 N–H and O–H groups in total. The maximum absolute atomic E-state index is 9.18. The Bertz CT molecular complexity index is 1220. The molecule has 0 fully saturated rings. The van der Waals surface area contributed by atoms with E-state index in [9.17, 15) is 5.26 Å². The minimum absolute atomic E-state index is 0.0811. The number of allylic oxidation sites excluding steroid dienone is 3. The summed E-state index contributed by atoms with van der Waals surface area (Å²) in [5.74, 6) is 0.652. The molecule has 0 aliphatic carbocycles. The average molecular weight is 430 g/mol. The van der Waals surface area contributed by atoms with Gasteiger partial charge >= 0.3 is 0 Å². The van der Waals surface area contributed by atoms with Crippen LogP contribution in [0.2, 0.25) is 0 Å². The van der Waals surface area contributed by atoms with Crippen molar-refractivity contribution >= 4 is 23.1 Å². The van der Waals surface area contributed by atoms with Crippen molar-refractivity contribution in [2.45, 2.75) is 19.4 Å². The topological polar surface area (TPSA) is 40.6 Å². The third-order valence-electron chi connectivity index (χ3n) is 5.30. The summed E-state index contributed by atoms with van der Waals surface area (Å²) in [4.78, 5) is 5.55. The number of rotatable bonds is 5. The van der Waals surface area contributed by atoms with Gasteiger partial charge in [-0.25, -0.2) is 10.1 Å². The molecule has 4 rings (SSSR count). The van der Waals surface area contributed by atoms with E-state index < -0.39 is 0 Å². The van der Waals surface area contributed by atoms with Gasteiger partial charge in [-0.2, -0.15) is 0 Å². The van der Waals surface area contributed by atoms with Crippen LogP contribution in [0, 0.1) is 17.9 Å². The lowest BCUT2D eigenvalue weighted by atomic mass is 10.0. The Labute approximate surface area is 194 Å². The Kier molecular flexibility index (Phi) is 6.69. The molecular weight excluding hydrogens is 406 g/mol. The number of anilines is 3. The van der Waals surface area contributed by atoms with Crippen LogP contribution in [0.3, 0.4) is 0 Å². The zero-order valence-electron chi connectivity index (χ0n) is 18.3. The van der Waals surface area contributed by atoms with Crippen LogP contribution in [-0.2, 0) is 4.74 Å². The van der Waals surface area contributed by atoms with Gasteiger partial charge in [0.05, 0.1) is 18.7 Å². The summed E-state index contributed by atoms with van der Waals surface area (Å²) in [6.45, 7) is 9.14. The van der Waals surface area contributed by atoms with Crippen molar-refractivity contribution < 1.29 is 4.74 Å². The third kappa shape index (κ3) is 5.21. The Morgan fingerprint density at radius 1 is 0.939 bits per heavy atom. The van der Waals surface area contributed by atoms with E-state index in [0.29, 0.717) is 12.2 Å². The highest BCUT2D eigenvalue weighted by molar-refractivity contribution is 5.77. The van der Waals surface area contributed by atoms with Gasteiger partial charge in [-0.15, -0.1) is 0 Å². The van der Waals surface area contributed by atoms with Gasteiger partial charge in [0.2, 0.25) is 0 Å². The molecule has 1 atom stereocenters. The normalized spacial score (nSPS) is 16.8. The summed E-state index contributed by atoms with van der Waals surface area (Å²) >= 11 is 0. The molecule has 0 saturated carbocycles. The average Bonchev–Trinajstić information content (AvgIpc) is 2.86.